The fourth-order valence-electron chi connectivity index (χ4n) is 5.01. The summed E-state index contributed by atoms with van der Waals surface area (Å²) in [7, 11) is 3.04. The summed E-state index contributed by atoms with van der Waals surface area (Å²) in [4.78, 5) is 19.6. The Kier molecular flexibility index (Phi) is 4.98. The van der Waals surface area contributed by atoms with Gasteiger partial charge in [0.2, 0.25) is 11.8 Å². The highest BCUT2D eigenvalue weighted by molar-refractivity contribution is 5.97. The van der Waals surface area contributed by atoms with Crippen LogP contribution in [0.1, 0.15) is 35.2 Å². The van der Waals surface area contributed by atoms with Crippen molar-refractivity contribution in [2.75, 3.05) is 20.8 Å². The molecule has 1 aromatic heterocycles. The largest absolute Gasteiger partial charge is 0.481 e. The van der Waals surface area contributed by atoms with E-state index in [1.54, 1.807) is 12.1 Å². The van der Waals surface area contributed by atoms with Crippen molar-refractivity contribution in [3.05, 3.63) is 53.6 Å². The summed E-state index contributed by atoms with van der Waals surface area (Å²) in [6.45, 7) is 0.0742. The third-order valence-electron chi connectivity index (χ3n) is 6.27. The van der Waals surface area contributed by atoms with Gasteiger partial charge in [-0.3, -0.25) is 4.79 Å². The summed E-state index contributed by atoms with van der Waals surface area (Å²) in [5.74, 6) is 0.600. The first-order valence-corrected chi connectivity index (χ1v) is 9.68. The van der Waals surface area contributed by atoms with Gasteiger partial charge in [0.15, 0.2) is 0 Å². The Bertz CT molecular complexity index is 857. The summed E-state index contributed by atoms with van der Waals surface area (Å²) >= 11 is 0. The molecule has 2 aliphatic heterocycles. The minimum absolute atomic E-state index is 0.0158. The molecule has 2 aliphatic rings. The zero-order chi connectivity index (χ0) is 19.7. The van der Waals surface area contributed by atoms with Crippen molar-refractivity contribution < 1.29 is 19.4 Å². The summed E-state index contributed by atoms with van der Waals surface area (Å²) in [5.41, 5.74) is 1.33. The molecule has 0 radical (unpaired) electrons. The summed E-state index contributed by atoms with van der Waals surface area (Å²) in [6, 6.07) is 13.8. The number of hydrogen-bond acceptors (Lipinski definition) is 5. The van der Waals surface area contributed by atoms with E-state index < -0.39 is 0 Å². The van der Waals surface area contributed by atoms with Crippen LogP contribution in [0.4, 0.5) is 0 Å². The number of ether oxygens (including phenoxy) is 2. The van der Waals surface area contributed by atoms with Gasteiger partial charge < -0.3 is 19.5 Å². The molecule has 28 heavy (non-hydrogen) atoms. The molecule has 3 atom stereocenters. The number of amides is 1. The van der Waals surface area contributed by atoms with Crippen LogP contribution >= 0.6 is 0 Å². The number of nitrogens with zero attached hydrogens (tertiary/aromatic N) is 2. The monoisotopic (exact) mass is 382 g/mol. The average molecular weight is 382 g/mol. The van der Waals surface area contributed by atoms with Crippen LogP contribution < -0.4 is 9.47 Å². The van der Waals surface area contributed by atoms with Crippen LogP contribution in [0.3, 0.4) is 0 Å². The number of carbonyl (C=O) groups is 1. The third-order valence-corrected chi connectivity index (χ3v) is 6.27. The lowest BCUT2D eigenvalue weighted by molar-refractivity contribution is 0.0568. The van der Waals surface area contributed by atoms with Crippen LogP contribution in [0.25, 0.3) is 0 Å². The molecule has 0 saturated carbocycles. The minimum Gasteiger partial charge on any atom is -0.481 e. The van der Waals surface area contributed by atoms with Crippen molar-refractivity contribution >= 4 is 5.91 Å². The van der Waals surface area contributed by atoms with E-state index in [0.29, 0.717) is 11.4 Å². The Morgan fingerprint density at radius 1 is 1.18 bits per heavy atom. The van der Waals surface area contributed by atoms with Crippen LogP contribution in [0.5, 0.6) is 11.8 Å². The number of rotatable bonds is 6. The number of aromatic nitrogens is 1. The zero-order valence-electron chi connectivity index (χ0n) is 16.3. The smallest absolute Gasteiger partial charge is 0.259 e. The standard InChI is InChI=1S/C22H26N2O4/c1-27-19-11-9-17(20(23-19)28-2)21(26)24-16-8-10-18(24)22(13-16,14-25)12-15-6-4-3-5-7-15/h3-7,9,11,16,18,25H,8,10,12-14H2,1-2H3/t16-,18+,22-/m0/s1. The zero-order valence-corrected chi connectivity index (χ0v) is 16.3. The van der Waals surface area contributed by atoms with E-state index in [2.05, 4.69) is 17.1 Å². The average Bonchev–Trinajstić information content (AvgIpc) is 3.29. The molecular formula is C22H26N2O4. The predicted octanol–water partition coefficient (Wildman–Crippen LogP) is 2.70. The number of fused-ring (bicyclic) bond motifs is 2. The normalized spacial score (nSPS) is 25.8. The third kappa shape index (κ3) is 3.02. The Morgan fingerprint density at radius 2 is 1.96 bits per heavy atom. The number of aliphatic hydroxyl groups excluding tert-OH is 1. The maximum Gasteiger partial charge on any atom is 0.259 e. The fourth-order valence-corrected chi connectivity index (χ4v) is 5.01. The number of hydrogen-bond donors (Lipinski definition) is 1. The van der Waals surface area contributed by atoms with E-state index in [4.69, 9.17) is 9.47 Å². The quantitative estimate of drug-likeness (QED) is 0.832. The maximum atomic E-state index is 13.4. The number of pyridine rings is 1. The lowest BCUT2D eigenvalue weighted by atomic mass is 9.70. The Hall–Kier alpha value is -2.60. The first-order chi connectivity index (χ1) is 13.6. The molecule has 1 aromatic carbocycles. The van der Waals surface area contributed by atoms with Gasteiger partial charge in [-0.2, -0.15) is 4.98 Å². The second-order valence-electron chi connectivity index (χ2n) is 7.76. The molecule has 1 amide bonds. The number of aliphatic hydroxyl groups is 1. The van der Waals surface area contributed by atoms with E-state index in [-0.39, 0.29) is 35.9 Å². The van der Waals surface area contributed by atoms with Gasteiger partial charge in [-0.05, 0) is 37.3 Å². The lowest BCUT2D eigenvalue weighted by Crippen LogP contribution is -2.44. The lowest BCUT2D eigenvalue weighted by Gasteiger charge is -2.36. The molecule has 2 saturated heterocycles. The molecule has 6 heteroatoms. The van der Waals surface area contributed by atoms with Gasteiger partial charge in [0.1, 0.15) is 5.56 Å². The van der Waals surface area contributed by atoms with E-state index in [0.717, 1.165) is 25.7 Å². The van der Waals surface area contributed by atoms with Crippen molar-refractivity contribution in [2.45, 2.75) is 37.8 Å². The van der Waals surface area contributed by atoms with E-state index in [1.807, 2.05) is 23.1 Å². The van der Waals surface area contributed by atoms with Gasteiger partial charge >= 0.3 is 0 Å². The summed E-state index contributed by atoms with van der Waals surface area (Å²) in [6.07, 6.45) is 3.47. The highest BCUT2D eigenvalue weighted by atomic mass is 16.5. The number of carbonyl (C=O) groups excluding carboxylic acids is 1. The molecule has 2 fully saturated rings. The number of benzene rings is 1. The second-order valence-corrected chi connectivity index (χ2v) is 7.76. The second kappa shape index (κ2) is 7.43. The Balaban J connectivity index is 1.64. The first-order valence-electron chi connectivity index (χ1n) is 9.68. The van der Waals surface area contributed by atoms with Crippen LogP contribution in [-0.2, 0) is 6.42 Å². The predicted molar refractivity (Wildman–Crippen MR) is 105 cm³/mol. The molecule has 2 aromatic rings. The van der Waals surface area contributed by atoms with Gasteiger partial charge in [-0.1, -0.05) is 30.3 Å². The molecule has 1 N–H and O–H groups in total. The van der Waals surface area contributed by atoms with E-state index in [9.17, 15) is 9.90 Å². The van der Waals surface area contributed by atoms with E-state index in [1.165, 1.54) is 19.8 Å². The topological polar surface area (TPSA) is 71.9 Å². The van der Waals surface area contributed by atoms with Crippen molar-refractivity contribution in [1.82, 2.24) is 9.88 Å². The van der Waals surface area contributed by atoms with Crippen LogP contribution in [0.2, 0.25) is 0 Å². The fraction of sp³-hybridized carbons (Fsp3) is 0.455. The molecule has 3 heterocycles. The molecule has 0 spiro atoms. The van der Waals surface area contributed by atoms with E-state index >= 15 is 0 Å². The molecule has 6 nitrogen and oxygen atoms in total. The van der Waals surface area contributed by atoms with Gasteiger partial charge in [0, 0.05) is 23.6 Å². The van der Waals surface area contributed by atoms with Crippen molar-refractivity contribution in [1.29, 1.82) is 0 Å². The highest BCUT2D eigenvalue weighted by Gasteiger charge is 2.57. The summed E-state index contributed by atoms with van der Waals surface area (Å²) < 4.78 is 10.5. The van der Waals surface area contributed by atoms with Crippen molar-refractivity contribution in [3.8, 4) is 11.8 Å². The van der Waals surface area contributed by atoms with Crippen molar-refractivity contribution in [2.24, 2.45) is 5.41 Å². The molecule has 4 rings (SSSR count). The minimum atomic E-state index is -0.299. The van der Waals surface area contributed by atoms with Gasteiger partial charge in [-0.25, -0.2) is 0 Å². The van der Waals surface area contributed by atoms with Crippen molar-refractivity contribution in [3.63, 3.8) is 0 Å². The molecule has 2 bridgehead atoms. The molecule has 0 aliphatic carbocycles. The van der Waals surface area contributed by atoms with Crippen LogP contribution in [0, 0.1) is 5.41 Å². The maximum absolute atomic E-state index is 13.4. The molecular weight excluding hydrogens is 356 g/mol. The van der Waals surface area contributed by atoms with Crippen LogP contribution in [0.15, 0.2) is 42.5 Å². The first kappa shape index (κ1) is 18.7. The SMILES string of the molecule is COc1ccc(C(=O)N2[C@H]3CC[C@@H]2[C@@](CO)(Cc2ccccc2)C3)c(OC)n1. The molecule has 0 unspecified atom stereocenters. The number of methoxy groups -OCH3 is 2. The highest BCUT2D eigenvalue weighted by Crippen LogP contribution is 2.52. The molecule has 148 valence electrons. The van der Waals surface area contributed by atoms with Gasteiger partial charge in [0.25, 0.3) is 5.91 Å². The van der Waals surface area contributed by atoms with Gasteiger partial charge in [-0.15, -0.1) is 0 Å². The Labute approximate surface area is 165 Å². The van der Waals surface area contributed by atoms with Crippen LogP contribution in [-0.4, -0.2) is 53.8 Å². The Morgan fingerprint density at radius 3 is 2.64 bits per heavy atom. The summed E-state index contributed by atoms with van der Waals surface area (Å²) in [5, 5.41) is 10.3. The van der Waals surface area contributed by atoms with Gasteiger partial charge in [0.05, 0.1) is 20.8 Å².